The normalized spacial score (nSPS) is 9.10. The third-order valence-electron chi connectivity index (χ3n) is 0.779. The first-order valence-electron chi connectivity index (χ1n) is 2.98. The van der Waals surface area contributed by atoms with Gasteiger partial charge in [0.05, 0.1) is 11.7 Å². The fourth-order valence-corrected chi connectivity index (χ4v) is 0.349. The molecule has 0 saturated heterocycles. The highest BCUT2D eigenvalue weighted by Crippen LogP contribution is 1.94. The van der Waals surface area contributed by atoms with E-state index in [0.717, 1.165) is 6.21 Å². The zero-order valence-corrected chi connectivity index (χ0v) is 6.18. The van der Waals surface area contributed by atoms with E-state index in [9.17, 15) is 4.79 Å². The average molecular weight is 141 g/mol. The maximum atomic E-state index is 10.7. The van der Waals surface area contributed by atoms with Gasteiger partial charge in [-0.25, -0.2) is 4.79 Å². The number of rotatable bonds is 3. The molecular weight excluding hydrogens is 130 g/mol. The molecule has 0 bridgehead atoms. The van der Waals surface area contributed by atoms with Gasteiger partial charge in [-0.1, -0.05) is 6.58 Å². The van der Waals surface area contributed by atoms with Crippen LogP contribution in [0.25, 0.3) is 0 Å². The number of carbonyl (C=O) groups is 1. The average Bonchev–Trinajstić information content (AvgIpc) is 1.85. The Labute approximate surface area is 60.2 Å². The predicted octanol–water partition coefficient (Wildman–Crippen LogP) is 1.14. The van der Waals surface area contributed by atoms with Gasteiger partial charge in [0.2, 0.25) is 0 Å². The van der Waals surface area contributed by atoms with Crippen molar-refractivity contribution in [3.8, 4) is 0 Å². The van der Waals surface area contributed by atoms with E-state index in [1.54, 1.807) is 13.8 Å². The molecular formula is C7H11NO2. The number of hydrogen-bond donors (Lipinski definition) is 1. The van der Waals surface area contributed by atoms with E-state index >= 15 is 0 Å². The van der Waals surface area contributed by atoms with E-state index in [2.05, 4.69) is 6.58 Å². The van der Waals surface area contributed by atoms with Gasteiger partial charge in [0, 0.05) is 6.21 Å². The Hall–Kier alpha value is -1.12. The molecule has 0 amide bonds. The molecule has 0 aromatic rings. The lowest BCUT2D eigenvalue weighted by molar-refractivity contribution is -0.141. The van der Waals surface area contributed by atoms with Gasteiger partial charge in [0.1, 0.15) is 0 Å². The van der Waals surface area contributed by atoms with Crippen molar-refractivity contribution < 1.29 is 9.53 Å². The molecule has 3 heteroatoms. The van der Waals surface area contributed by atoms with Crippen molar-refractivity contribution in [1.82, 2.24) is 0 Å². The molecule has 0 fully saturated rings. The molecule has 0 aliphatic rings. The summed E-state index contributed by atoms with van der Waals surface area (Å²) in [6.07, 6.45) is 0.731. The Morgan fingerprint density at radius 2 is 2.20 bits per heavy atom. The standard InChI is InChI=1S/C7H11NO2/c1-5(2)10-7(9)6(3)4-8/h4-5,8H,3H2,1-2H3. The van der Waals surface area contributed by atoms with E-state index in [-0.39, 0.29) is 11.7 Å². The van der Waals surface area contributed by atoms with Crippen molar-refractivity contribution in [3.05, 3.63) is 12.2 Å². The van der Waals surface area contributed by atoms with Crippen molar-refractivity contribution in [1.29, 1.82) is 5.41 Å². The van der Waals surface area contributed by atoms with Crippen molar-refractivity contribution in [2.24, 2.45) is 0 Å². The maximum absolute atomic E-state index is 10.7. The molecule has 0 spiro atoms. The molecule has 0 unspecified atom stereocenters. The largest absolute Gasteiger partial charge is 0.459 e. The van der Waals surface area contributed by atoms with Gasteiger partial charge in [-0.05, 0) is 13.8 Å². The molecule has 0 heterocycles. The fraction of sp³-hybridized carbons (Fsp3) is 0.429. The van der Waals surface area contributed by atoms with Gasteiger partial charge in [-0.15, -0.1) is 0 Å². The highest BCUT2D eigenvalue weighted by molar-refractivity contribution is 6.07. The third-order valence-corrected chi connectivity index (χ3v) is 0.779. The number of nitrogens with one attached hydrogen (secondary N) is 1. The van der Waals surface area contributed by atoms with Crippen LogP contribution in [-0.2, 0) is 9.53 Å². The molecule has 0 rings (SSSR count). The summed E-state index contributed by atoms with van der Waals surface area (Å²) in [7, 11) is 0. The lowest BCUT2D eigenvalue weighted by atomic mass is 10.3. The number of esters is 1. The SMILES string of the molecule is C=C(C=N)C(=O)OC(C)C. The molecule has 0 aliphatic heterocycles. The van der Waals surface area contributed by atoms with E-state index < -0.39 is 5.97 Å². The Kier molecular flexibility index (Phi) is 3.39. The molecule has 0 aromatic carbocycles. The predicted molar refractivity (Wildman–Crippen MR) is 39.2 cm³/mol. The summed E-state index contributed by atoms with van der Waals surface area (Å²) < 4.78 is 4.71. The minimum absolute atomic E-state index is 0.0775. The number of ether oxygens (including phenoxy) is 1. The summed E-state index contributed by atoms with van der Waals surface area (Å²) in [6, 6.07) is 0. The van der Waals surface area contributed by atoms with Gasteiger partial charge >= 0.3 is 5.97 Å². The van der Waals surface area contributed by atoms with Crippen molar-refractivity contribution in [2.75, 3.05) is 0 Å². The lowest BCUT2D eigenvalue weighted by Gasteiger charge is -2.05. The Morgan fingerprint density at radius 3 is 2.50 bits per heavy atom. The smallest absolute Gasteiger partial charge is 0.339 e. The molecule has 0 radical (unpaired) electrons. The molecule has 1 N–H and O–H groups in total. The second-order valence-electron chi connectivity index (χ2n) is 2.12. The summed E-state index contributed by atoms with van der Waals surface area (Å²) in [5.74, 6) is -0.523. The van der Waals surface area contributed by atoms with Gasteiger partial charge in [-0.3, -0.25) is 0 Å². The van der Waals surface area contributed by atoms with Crippen molar-refractivity contribution in [3.63, 3.8) is 0 Å². The minimum Gasteiger partial charge on any atom is -0.459 e. The van der Waals surface area contributed by atoms with Crippen LogP contribution in [0.2, 0.25) is 0 Å². The molecule has 10 heavy (non-hydrogen) atoms. The van der Waals surface area contributed by atoms with Crippen molar-refractivity contribution >= 4 is 12.2 Å². The van der Waals surface area contributed by atoms with Crippen LogP contribution >= 0.6 is 0 Å². The van der Waals surface area contributed by atoms with E-state index in [1.165, 1.54) is 0 Å². The van der Waals surface area contributed by atoms with Crippen LogP contribution in [0.4, 0.5) is 0 Å². The summed E-state index contributed by atoms with van der Waals surface area (Å²) in [6.45, 7) is 6.80. The summed E-state index contributed by atoms with van der Waals surface area (Å²) in [4.78, 5) is 10.7. The second kappa shape index (κ2) is 3.82. The molecule has 0 aliphatic carbocycles. The minimum atomic E-state index is -0.523. The Bertz CT molecular complexity index is 161. The first-order valence-corrected chi connectivity index (χ1v) is 2.98. The van der Waals surface area contributed by atoms with E-state index in [0.29, 0.717) is 0 Å². The van der Waals surface area contributed by atoms with Gasteiger partial charge in [0.25, 0.3) is 0 Å². The molecule has 56 valence electrons. The van der Waals surface area contributed by atoms with Gasteiger partial charge < -0.3 is 10.1 Å². The molecule has 3 nitrogen and oxygen atoms in total. The second-order valence-corrected chi connectivity index (χ2v) is 2.12. The molecule has 0 saturated carbocycles. The van der Waals surface area contributed by atoms with Crippen LogP contribution in [0.3, 0.4) is 0 Å². The topological polar surface area (TPSA) is 50.2 Å². The Balaban J connectivity index is 3.85. The van der Waals surface area contributed by atoms with Crippen LogP contribution in [0.1, 0.15) is 13.8 Å². The lowest BCUT2D eigenvalue weighted by Crippen LogP contribution is -2.13. The molecule has 0 atom stereocenters. The fourth-order valence-electron chi connectivity index (χ4n) is 0.349. The zero-order valence-electron chi connectivity index (χ0n) is 6.18. The van der Waals surface area contributed by atoms with Crippen molar-refractivity contribution in [2.45, 2.75) is 20.0 Å². The van der Waals surface area contributed by atoms with E-state index in [4.69, 9.17) is 10.1 Å². The van der Waals surface area contributed by atoms with Crippen LogP contribution < -0.4 is 0 Å². The first kappa shape index (κ1) is 8.88. The summed E-state index contributed by atoms with van der Waals surface area (Å²) in [5, 5.41) is 6.66. The third kappa shape index (κ3) is 3.02. The highest BCUT2D eigenvalue weighted by atomic mass is 16.5. The summed E-state index contributed by atoms with van der Waals surface area (Å²) in [5.41, 5.74) is 0.0775. The number of hydrogen-bond acceptors (Lipinski definition) is 3. The Morgan fingerprint density at radius 1 is 1.70 bits per heavy atom. The first-order chi connectivity index (χ1) is 4.57. The highest BCUT2D eigenvalue weighted by Gasteiger charge is 2.06. The van der Waals surface area contributed by atoms with Crippen LogP contribution in [0.15, 0.2) is 12.2 Å². The van der Waals surface area contributed by atoms with Gasteiger partial charge in [-0.2, -0.15) is 0 Å². The maximum Gasteiger partial charge on any atom is 0.339 e. The van der Waals surface area contributed by atoms with Crippen LogP contribution in [0, 0.1) is 5.41 Å². The van der Waals surface area contributed by atoms with Crippen LogP contribution in [-0.4, -0.2) is 18.3 Å². The van der Waals surface area contributed by atoms with Gasteiger partial charge in [0.15, 0.2) is 0 Å². The quantitative estimate of drug-likeness (QED) is 0.364. The van der Waals surface area contributed by atoms with E-state index in [1.807, 2.05) is 0 Å². The zero-order chi connectivity index (χ0) is 8.15. The summed E-state index contributed by atoms with van der Waals surface area (Å²) >= 11 is 0. The molecule has 0 aromatic heterocycles. The van der Waals surface area contributed by atoms with Crippen LogP contribution in [0.5, 0.6) is 0 Å². The monoisotopic (exact) mass is 141 g/mol. The number of carbonyl (C=O) groups excluding carboxylic acids is 1.